The Balaban J connectivity index is 0.871. The van der Waals surface area contributed by atoms with Crippen molar-refractivity contribution >= 4 is 52.1 Å². The van der Waals surface area contributed by atoms with Gasteiger partial charge in [-0.25, -0.2) is 19.4 Å². The fourth-order valence-corrected chi connectivity index (χ4v) is 7.08. The molecular weight excluding hydrogens is 844 g/mol. The van der Waals surface area contributed by atoms with Crippen LogP contribution in [0.3, 0.4) is 0 Å². The first-order valence-electron chi connectivity index (χ1n) is 20.0. The highest BCUT2D eigenvalue weighted by Gasteiger charge is 2.31. The van der Waals surface area contributed by atoms with Crippen molar-refractivity contribution in [3.8, 4) is 17.1 Å². The van der Waals surface area contributed by atoms with Crippen LogP contribution in [0.5, 0.6) is 0 Å². The lowest BCUT2D eigenvalue weighted by atomic mass is 10.1. The maximum absolute atomic E-state index is 13.2. The molecule has 1 fully saturated rings. The lowest BCUT2D eigenvalue weighted by Gasteiger charge is -2.21. The molecule has 0 radical (unpaired) electrons. The quantitative estimate of drug-likeness (QED) is 0.0751. The summed E-state index contributed by atoms with van der Waals surface area (Å²) in [5.41, 5.74) is 8.12. The zero-order valence-electron chi connectivity index (χ0n) is 34.5. The standard InChI is InChI=1S/C42H42F3N11O8/c1-53(16-4-18-63-17-3-5-24-6-11-30-32(19-24)54(2)41(62)56(30)31-12-13-34(57)51-38(31)60)40(61)25-7-9-27(10-8-25)55-21-28(35(52-55)36(46)58)49-37(59)29-22-64-39(50-29)26-14-15-47-33(20-26)48-23-42(43,44)45/h6-11,14-15,19-22,31H,3-5,12-13,16-18,23H2,1-2H3,(H2,46,58)(H,47,48)(H,49,59)(H,51,57,60). The van der Waals surface area contributed by atoms with Crippen molar-refractivity contribution in [3.05, 3.63) is 106 Å². The van der Waals surface area contributed by atoms with Gasteiger partial charge in [0.1, 0.15) is 24.7 Å². The van der Waals surface area contributed by atoms with Crippen molar-refractivity contribution in [2.75, 3.05) is 44.0 Å². The van der Waals surface area contributed by atoms with Crippen LogP contribution in [0, 0.1) is 0 Å². The van der Waals surface area contributed by atoms with E-state index in [2.05, 4.69) is 31.0 Å². The average Bonchev–Trinajstić information content (AvgIpc) is 4.00. The molecule has 64 heavy (non-hydrogen) atoms. The van der Waals surface area contributed by atoms with Crippen LogP contribution in [0.2, 0.25) is 0 Å². The van der Waals surface area contributed by atoms with Crippen molar-refractivity contribution in [3.63, 3.8) is 0 Å². The number of rotatable bonds is 17. The number of imidazole rings is 1. The second kappa shape index (κ2) is 18.8. The summed E-state index contributed by atoms with van der Waals surface area (Å²) in [4.78, 5) is 85.2. The van der Waals surface area contributed by atoms with E-state index in [9.17, 15) is 41.9 Å². The van der Waals surface area contributed by atoms with Crippen LogP contribution in [0.15, 0.2) is 82.5 Å². The molecule has 1 atom stereocenters. The summed E-state index contributed by atoms with van der Waals surface area (Å²) < 4.78 is 53.3. The average molecular weight is 886 g/mol. The van der Waals surface area contributed by atoms with E-state index >= 15 is 0 Å². The second-order valence-corrected chi connectivity index (χ2v) is 14.9. The number of ether oxygens (including phenoxy) is 1. The van der Waals surface area contributed by atoms with Crippen LogP contribution in [0.4, 0.5) is 24.7 Å². The fraction of sp³-hybridized carbons (Fsp3) is 0.310. The number of carbonyl (C=O) groups excluding carboxylic acids is 5. The van der Waals surface area contributed by atoms with Crippen LogP contribution >= 0.6 is 0 Å². The molecule has 0 bridgehead atoms. The van der Waals surface area contributed by atoms with Gasteiger partial charge in [0.15, 0.2) is 11.4 Å². The number of nitrogens with two attached hydrogens (primary N) is 1. The SMILES string of the molecule is CN(CCCOCCCc1ccc2c(c1)n(C)c(=O)n2C1CCC(=O)NC1=O)C(=O)c1ccc(-n2cc(NC(=O)c3coc(-c4ccnc(NCC(F)(F)F)c4)n3)c(C(N)=O)n2)cc1. The first kappa shape index (κ1) is 44.4. The van der Waals surface area contributed by atoms with Crippen molar-refractivity contribution in [2.45, 2.75) is 44.3 Å². The van der Waals surface area contributed by atoms with E-state index in [-0.39, 0.29) is 64.7 Å². The second-order valence-electron chi connectivity index (χ2n) is 14.9. The number of alkyl halides is 3. The molecule has 0 spiro atoms. The number of primary amides is 1. The maximum Gasteiger partial charge on any atom is 0.405 e. The van der Waals surface area contributed by atoms with Gasteiger partial charge in [-0.05, 0) is 79.8 Å². The van der Waals surface area contributed by atoms with Gasteiger partial charge < -0.3 is 30.4 Å². The Hall–Kier alpha value is -7.62. The van der Waals surface area contributed by atoms with Gasteiger partial charge in [-0.15, -0.1) is 0 Å². The summed E-state index contributed by atoms with van der Waals surface area (Å²) in [5.74, 6) is -2.94. The summed E-state index contributed by atoms with van der Waals surface area (Å²) >= 11 is 0. The number of nitrogens with zero attached hydrogens (tertiary/aromatic N) is 7. The number of amides is 5. The normalized spacial score (nSPS) is 14.1. The Labute approximate surface area is 361 Å². The number of piperidine rings is 1. The molecule has 334 valence electrons. The first-order chi connectivity index (χ1) is 30.6. The lowest BCUT2D eigenvalue weighted by Crippen LogP contribution is -2.44. The molecule has 5 heterocycles. The molecule has 1 aliphatic heterocycles. The molecule has 2 aromatic carbocycles. The van der Waals surface area contributed by atoms with Crippen molar-refractivity contribution in [1.82, 2.24) is 39.1 Å². The Morgan fingerprint density at radius 1 is 1.03 bits per heavy atom. The number of nitrogens with one attached hydrogen (secondary N) is 3. The number of carbonyl (C=O) groups is 5. The molecule has 22 heteroatoms. The minimum atomic E-state index is -4.46. The number of hydrogen-bond acceptors (Lipinski definition) is 12. The molecule has 0 saturated carbocycles. The summed E-state index contributed by atoms with van der Waals surface area (Å²) in [6.45, 7) is 0.0298. The van der Waals surface area contributed by atoms with Crippen molar-refractivity contribution in [1.29, 1.82) is 0 Å². The highest BCUT2D eigenvalue weighted by molar-refractivity contribution is 6.07. The molecular formula is C42H42F3N11O8. The van der Waals surface area contributed by atoms with Gasteiger partial charge in [0.25, 0.3) is 17.7 Å². The summed E-state index contributed by atoms with van der Waals surface area (Å²) in [7, 11) is 3.33. The number of halogens is 3. The number of imide groups is 1. The molecule has 1 aliphatic rings. The van der Waals surface area contributed by atoms with Crippen LogP contribution in [0.1, 0.15) is 68.6 Å². The number of fused-ring (bicyclic) bond motifs is 1. The topological polar surface area (TPSA) is 244 Å². The number of oxazole rings is 1. The van der Waals surface area contributed by atoms with E-state index < -0.39 is 36.5 Å². The van der Waals surface area contributed by atoms with E-state index in [0.717, 1.165) is 18.2 Å². The van der Waals surface area contributed by atoms with Gasteiger partial charge in [0.05, 0.1) is 28.6 Å². The third-order valence-electron chi connectivity index (χ3n) is 10.3. The number of anilines is 2. The van der Waals surface area contributed by atoms with Gasteiger partial charge in [-0.1, -0.05) is 6.07 Å². The van der Waals surface area contributed by atoms with Gasteiger partial charge >= 0.3 is 11.9 Å². The van der Waals surface area contributed by atoms with Gasteiger partial charge in [0, 0.05) is 57.6 Å². The zero-order chi connectivity index (χ0) is 45.7. The lowest BCUT2D eigenvalue weighted by molar-refractivity contribution is -0.135. The molecule has 1 unspecified atom stereocenters. The Bertz CT molecular complexity index is 2790. The number of benzene rings is 2. The van der Waals surface area contributed by atoms with E-state index in [1.807, 2.05) is 18.2 Å². The Morgan fingerprint density at radius 2 is 1.80 bits per heavy atom. The largest absolute Gasteiger partial charge is 0.444 e. The van der Waals surface area contributed by atoms with Crippen LogP contribution in [-0.2, 0) is 27.8 Å². The van der Waals surface area contributed by atoms with E-state index in [1.54, 1.807) is 43.3 Å². The summed E-state index contributed by atoms with van der Waals surface area (Å²) in [6, 6.07) is 14.0. The van der Waals surface area contributed by atoms with Crippen LogP contribution in [-0.4, -0.2) is 103 Å². The monoisotopic (exact) mass is 885 g/mol. The van der Waals surface area contributed by atoms with Gasteiger partial charge in [-0.3, -0.25) is 38.4 Å². The minimum absolute atomic E-state index is 0.0412. The molecule has 0 aliphatic carbocycles. The number of aryl methyl sites for hydroxylation is 2. The van der Waals surface area contributed by atoms with Crippen LogP contribution < -0.4 is 27.4 Å². The highest BCUT2D eigenvalue weighted by atomic mass is 19.4. The third kappa shape index (κ3) is 10.2. The van der Waals surface area contributed by atoms with Gasteiger partial charge in [0.2, 0.25) is 17.7 Å². The van der Waals surface area contributed by atoms with Crippen molar-refractivity contribution < 1.29 is 46.3 Å². The van der Waals surface area contributed by atoms with Gasteiger partial charge in [-0.2, -0.15) is 18.3 Å². The Kier molecular flexibility index (Phi) is 13.0. The minimum Gasteiger partial charge on any atom is -0.444 e. The zero-order valence-corrected chi connectivity index (χ0v) is 34.5. The van der Waals surface area contributed by atoms with Crippen LogP contribution in [0.25, 0.3) is 28.2 Å². The molecule has 5 amide bonds. The number of aromatic nitrogens is 6. The number of hydrogen-bond donors (Lipinski definition) is 4. The predicted octanol–water partition coefficient (Wildman–Crippen LogP) is 3.99. The third-order valence-corrected chi connectivity index (χ3v) is 10.3. The van der Waals surface area contributed by atoms with E-state index in [0.29, 0.717) is 54.9 Å². The predicted molar refractivity (Wildman–Crippen MR) is 224 cm³/mol. The molecule has 6 aromatic rings. The molecule has 5 N–H and O–H groups in total. The summed E-state index contributed by atoms with van der Waals surface area (Å²) in [6.07, 6.45) is 1.61. The van der Waals surface area contributed by atoms with E-state index in [4.69, 9.17) is 14.9 Å². The fourth-order valence-electron chi connectivity index (χ4n) is 7.08. The highest BCUT2D eigenvalue weighted by Crippen LogP contribution is 2.26. The first-order valence-corrected chi connectivity index (χ1v) is 20.0. The van der Waals surface area contributed by atoms with E-state index in [1.165, 1.54) is 38.3 Å². The molecule has 7 rings (SSSR count). The number of pyridine rings is 1. The Morgan fingerprint density at radius 3 is 2.53 bits per heavy atom. The van der Waals surface area contributed by atoms with Crippen molar-refractivity contribution in [2.24, 2.45) is 12.8 Å². The molecule has 1 saturated heterocycles. The molecule has 19 nitrogen and oxygen atoms in total. The smallest absolute Gasteiger partial charge is 0.405 e. The maximum atomic E-state index is 13.2. The summed E-state index contributed by atoms with van der Waals surface area (Å²) in [5, 5.41) is 11.2. The molecule has 4 aromatic heterocycles.